The Morgan fingerprint density at radius 2 is 1.83 bits per heavy atom. The highest BCUT2D eigenvalue weighted by molar-refractivity contribution is 5.98. The summed E-state index contributed by atoms with van der Waals surface area (Å²) in [6.07, 6.45) is 9.13. The number of aryl methyl sites for hydroxylation is 1. The van der Waals surface area contributed by atoms with Gasteiger partial charge in [0.2, 0.25) is 5.95 Å². The van der Waals surface area contributed by atoms with E-state index in [1.54, 1.807) is 0 Å². The Morgan fingerprint density at radius 3 is 2.51 bits per heavy atom. The van der Waals surface area contributed by atoms with Crippen molar-refractivity contribution in [2.75, 3.05) is 5.32 Å². The number of carbonyl (C=O) groups is 1. The summed E-state index contributed by atoms with van der Waals surface area (Å²) < 4.78 is 2.40. The number of imidazole rings is 1. The van der Waals surface area contributed by atoms with Gasteiger partial charge in [0.15, 0.2) is 0 Å². The van der Waals surface area contributed by atoms with Crippen molar-refractivity contribution in [2.45, 2.75) is 91.1 Å². The quantitative estimate of drug-likeness (QED) is 0.393. The van der Waals surface area contributed by atoms with Crippen LogP contribution in [0.4, 0.5) is 11.6 Å². The number of hydrogen-bond donors (Lipinski definition) is 2. The summed E-state index contributed by atoms with van der Waals surface area (Å²) in [5, 5.41) is 6.83. The Morgan fingerprint density at radius 1 is 1.09 bits per heavy atom. The van der Waals surface area contributed by atoms with Crippen molar-refractivity contribution in [1.82, 2.24) is 14.9 Å². The van der Waals surface area contributed by atoms with E-state index < -0.39 is 0 Å². The fourth-order valence-electron chi connectivity index (χ4n) is 6.48. The lowest BCUT2D eigenvalue weighted by atomic mass is 9.70. The molecule has 0 radical (unpaired) electrons. The highest BCUT2D eigenvalue weighted by atomic mass is 16.1. The molecule has 5 heteroatoms. The Balaban J connectivity index is 1.51. The molecule has 1 amide bonds. The van der Waals surface area contributed by atoms with Crippen molar-refractivity contribution in [3.8, 4) is 0 Å². The molecular formula is C30H40N4O. The smallest absolute Gasteiger partial charge is 0.251 e. The number of nitrogens with zero attached hydrogens (tertiary/aromatic N) is 2. The molecule has 2 fully saturated rings. The van der Waals surface area contributed by atoms with E-state index >= 15 is 0 Å². The van der Waals surface area contributed by atoms with Crippen LogP contribution < -0.4 is 10.6 Å². The molecule has 3 aromatic rings. The van der Waals surface area contributed by atoms with E-state index in [2.05, 4.69) is 73.2 Å². The van der Waals surface area contributed by atoms with E-state index in [1.807, 2.05) is 12.1 Å². The number of fused-ring (bicyclic) bond motifs is 1. The third-order valence-electron chi connectivity index (χ3n) is 7.99. The summed E-state index contributed by atoms with van der Waals surface area (Å²) in [6.45, 7) is 9.32. The van der Waals surface area contributed by atoms with Crippen molar-refractivity contribution < 1.29 is 4.79 Å². The second-order valence-electron chi connectivity index (χ2n) is 11.7. The second-order valence-corrected chi connectivity index (χ2v) is 11.7. The summed E-state index contributed by atoms with van der Waals surface area (Å²) in [6, 6.07) is 15.3. The molecule has 5 nitrogen and oxygen atoms in total. The third-order valence-corrected chi connectivity index (χ3v) is 7.99. The zero-order valence-corrected chi connectivity index (χ0v) is 21.7. The maximum atomic E-state index is 13.0. The summed E-state index contributed by atoms with van der Waals surface area (Å²) >= 11 is 0. The van der Waals surface area contributed by atoms with Crippen LogP contribution in [0.3, 0.4) is 0 Å². The Hall–Kier alpha value is -2.82. The first-order chi connectivity index (χ1) is 16.8. The first-order valence-electron chi connectivity index (χ1n) is 13.5. The summed E-state index contributed by atoms with van der Waals surface area (Å²) in [5.74, 6) is 1.55. The molecule has 0 aliphatic heterocycles. The number of anilines is 2. The summed E-state index contributed by atoms with van der Waals surface area (Å²) in [4.78, 5) is 18.0. The number of benzene rings is 2. The van der Waals surface area contributed by atoms with Gasteiger partial charge in [-0.3, -0.25) is 4.79 Å². The summed E-state index contributed by atoms with van der Waals surface area (Å²) in [5.41, 5.74) is 5.34. The first-order valence-corrected chi connectivity index (χ1v) is 13.5. The Labute approximate surface area is 209 Å². The second kappa shape index (κ2) is 9.67. The number of hydrogen-bond acceptors (Lipinski definition) is 3. The average molecular weight is 473 g/mol. The van der Waals surface area contributed by atoms with E-state index in [0.717, 1.165) is 54.8 Å². The van der Waals surface area contributed by atoms with Gasteiger partial charge in [0.25, 0.3) is 5.91 Å². The standard InChI is InChI=1S/C30H40N4O/c1-5-21-10-13-24(14-11-21)32-29-33-26-17-22(28(35)31-23-8-6-7-9-23)12-15-27(26)34(29)25-16-20(2)18-30(3,4)19-25/h10-15,17,20,23,25H,5-9,16,18-19H2,1-4H3,(H,31,35)(H,32,33)/t20-,25?/m0/s1. The maximum absolute atomic E-state index is 13.0. The molecule has 1 unspecified atom stereocenters. The molecule has 2 N–H and O–H groups in total. The molecule has 2 atom stereocenters. The zero-order chi connectivity index (χ0) is 24.6. The van der Waals surface area contributed by atoms with Gasteiger partial charge in [0.1, 0.15) is 0 Å². The zero-order valence-electron chi connectivity index (χ0n) is 21.7. The van der Waals surface area contributed by atoms with Gasteiger partial charge in [-0.05, 0) is 85.8 Å². The van der Waals surface area contributed by atoms with Crippen LogP contribution in [-0.4, -0.2) is 21.5 Å². The van der Waals surface area contributed by atoms with Gasteiger partial charge >= 0.3 is 0 Å². The fourth-order valence-corrected chi connectivity index (χ4v) is 6.48. The molecular weight excluding hydrogens is 432 g/mol. The van der Waals surface area contributed by atoms with Crippen LogP contribution >= 0.6 is 0 Å². The molecule has 2 aliphatic carbocycles. The number of aromatic nitrogens is 2. The van der Waals surface area contributed by atoms with E-state index in [0.29, 0.717) is 29.0 Å². The van der Waals surface area contributed by atoms with Crippen LogP contribution in [0, 0.1) is 11.3 Å². The Bertz CT molecular complexity index is 1190. The molecule has 2 saturated carbocycles. The SMILES string of the molecule is CCc1ccc(Nc2nc3cc(C(=O)NC4CCCC4)ccc3n2C2C[C@H](C)CC(C)(C)C2)cc1. The fraction of sp³-hybridized carbons (Fsp3) is 0.533. The predicted molar refractivity (Wildman–Crippen MR) is 144 cm³/mol. The normalized spacial score (nSPS) is 22.4. The lowest BCUT2D eigenvalue weighted by Gasteiger charge is -2.40. The number of nitrogens with one attached hydrogen (secondary N) is 2. The molecule has 0 spiro atoms. The van der Waals surface area contributed by atoms with Crippen molar-refractivity contribution >= 4 is 28.6 Å². The highest BCUT2D eigenvalue weighted by Gasteiger charge is 2.34. The van der Waals surface area contributed by atoms with E-state index in [4.69, 9.17) is 4.98 Å². The van der Waals surface area contributed by atoms with Gasteiger partial charge in [-0.1, -0.05) is 52.7 Å². The van der Waals surface area contributed by atoms with Crippen molar-refractivity contribution in [3.63, 3.8) is 0 Å². The molecule has 2 aromatic carbocycles. The number of rotatable bonds is 6. The number of carbonyl (C=O) groups excluding carboxylic acids is 1. The molecule has 0 bridgehead atoms. The highest BCUT2D eigenvalue weighted by Crippen LogP contribution is 2.46. The third kappa shape index (κ3) is 5.24. The van der Waals surface area contributed by atoms with E-state index in [1.165, 1.54) is 24.8 Å². The maximum Gasteiger partial charge on any atom is 0.251 e. The van der Waals surface area contributed by atoms with Gasteiger partial charge in [0, 0.05) is 23.3 Å². The lowest BCUT2D eigenvalue weighted by molar-refractivity contribution is 0.0938. The minimum absolute atomic E-state index is 0.0189. The molecule has 2 aliphatic rings. The monoisotopic (exact) mass is 472 g/mol. The van der Waals surface area contributed by atoms with Gasteiger partial charge < -0.3 is 15.2 Å². The first kappa shape index (κ1) is 23.9. The Kier molecular flexibility index (Phi) is 6.61. The van der Waals surface area contributed by atoms with E-state index in [9.17, 15) is 4.79 Å². The van der Waals surface area contributed by atoms with Crippen LogP contribution in [0.15, 0.2) is 42.5 Å². The van der Waals surface area contributed by atoms with Crippen LogP contribution in [-0.2, 0) is 6.42 Å². The molecule has 35 heavy (non-hydrogen) atoms. The molecule has 5 rings (SSSR count). The van der Waals surface area contributed by atoms with Crippen molar-refractivity contribution in [3.05, 3.63) is 53.6 Å². The minimum atomic E-state index is 0.0189. The molecule has 0 saturated heterocycles. The molecule has 1 aromatic heterocycles. The largest absolute Gasteiger partial charge is 0.349 e. The van der Waals surface area contributed by atoms with Gasteiger partial charge in [0.05, 0.1) is 11.0 Å². The average Bonchev–Trinajstić information content (AvgIpc) is 3.45. The lowest BCUT2D eigenvalue weighted by Crippen LogP contribution is -2.32. The van der Waals surface area contributed by atoms with Crippen molar-refractivity contribution in [1.29, 1.82) is 0 Å². The van der Waals surface area contributed by atoms with Crippen LogP contribution in [0.1, 0.15) is 94.6 Å². The van der Waals surface area contributed by atoms with Crippen LogP contribution in [0.25, 0.3) is 11.0 Å². The van der Waals surface area contributed by atoms with Gasteiger partial charge in [-0.15, -0.1) is 0 Å². The van der Waals surface area contributed by atoms with Gasteiger partial charge in [-0.2, -0.15) is 0 Å². The van der Waals surface area contributed by atoms with Crippen molar-refractivity contribution in [2.24, 2.45) is 11.3 Å². The van der Waals surface area contributed by atoms with Crippen LogP contribution in [0.5, 0.6) is 0 Å². The predicted octanol–water partition coefficient (Wildman–Crippen LogP) is 7.40. The number of amides is 1. The van der Waals surface area contributed by atoms with Crippen LogP contribution in [0.2, 0.25) is 0 Å². The molecule has 1 heterocycles. The van der Waals surface area contributed by atoms with Gasteiger partial charge in [-0.25, -0.2) is 4.98 Å². The topological polar surface area (TPSA) is 59.0 Å². The molecule has 186 valence electrons. The van der Waals surface area contributed by atoms with E-state index in [-0.39, 0.29) is 5.91 Å². The summed E-state index contributed by atoms with van der Waals surface area (Å²) in [7, 11) is 0. The minimum Gasteiger partial charge on any atom is -0.349 e.